The number of hydrogen-bond donors (Lipinski definition) is 1. The minimum atomic E-state index is -4.09. The first-order valence-electron chi connectivity index (χ1n) is 10.4. The van der Waals surface area contributed by atoms with Crippen molar-refractivity contribution in [3.8, 4) is 0 Å². The summed E-state index contributed by atoms with van der Waals surface area (Å²) in [5, 5.41) is 3.90. The summed E-state index contributed by atoms with van der Waals surface area (Å²) in [6, 6.07) is 3.08. The Morgan fingerprint density at radius 2 is 1.88 bits per heavy atom. The first-order chi connectivity index (χ1) is 15.8. The van der Waals surface area contributed by atoms with E-state index in [1.54, 1.807) is 0 Å². The van der Waals surface area contributed by atoms with Crippen LogP contribution in [0.1, 0.15) is 49.2 Å². The lowest BCUT2D eigenvalue weighted by molar-refractivity contribution is 0.0982. The Morgan fingerprint density at radius 3 is 2.56 bits per heavy atom. The van der Waals surface area contributed by atoms with E-state index in [4.69, 9.17) is 0 Å². The molecule has 0 spiro atoms. The predicted molar refractivity (Wildman–Crippen MR) is 117 cm³/mol. The molecule has 1 amide bonds. The summed E-state index contributed by atoms with van der Waals surface area (Å²) in [7, 11) is -4.09. The van der Waals surface area contributed by atoms with Gasteiger partial charge in [0, 0.05) is 24.7 Å². The topological polar surface area (TPSA) is 83.8 Å². The first-order valence-corrected chi connectivity index (χ1v) is 11.9. The molecule has 182 valence electrons. The van der Waals surface area contributed by atoms with Crippen molar-refractivity contribution < 1.29 is 30.8 Å². The van der Waals surface area contributed by atoms with Crippen LogP contribution in [0.4, 0.5) is 23.2 Å². The van der Waals surface area contributed by atoms with E-state index in [2.05, 4.69) is 5.10 Å². The molecule has 12 heteroatoms. The number of halogens is 4. The lowest BCUT2D eigenvalue weighted by Gasteiger charge is -2.27. The lowest BCUT2D eigenvalue weighted by Crippen LogP contribution is -2.42. The minimum Gasteiger partial charge on any atom is -0.359 e. The van der Waals surface area contributed by atoms with Crippen molar-refractivity contribution >= 4 is 27.1 Å². The van der Waals surface area contributed by atoms with E-state index in [0.717, 1.165) is 28.9 Å². The van der Waals surface area contributed by atoms with Gasteiger partial charge in [0.25, 0.3) is 5.91 Å². The lowest BCUT2D eigenvalue weighted by atomic mass is 10.0. The number of anilines is 1. The molecule has 1 aliphatic rings. The average Bonchev–Trinajstić information content (AvgIpc) is 3.33. The fourth-order valence-corrected chi connectivity index (χ4v) is 4.52. The SMILES string of the molecule is CC(C)(C)S(=O)(=O)NC(=O)c1cnn2ccc(N3C[C@@H](F)C[C@@H]3c3cc(F)ccc3F)c(F)c12. The monoisotopic (exact) mass is 498 g/mol. The van der Waals surface area contributed by atoms with Crippen LogP contribution < -0.4 is 9.62 Å². The third kappa shape index (κ3) is 4.10. The van der Waals surface area contributed by atoms with Crippen LogP contribution in [0, 0.1) is 17.5 Å². The van der Waals surface area contributed by atoms with Gasteiger partial charge in [0.15, 0.2) is 5.82 Å². The van der Waals surface area contributed by atoms with Gasteiger partial charge in [-0.25, -0.2) is 35.2 Å². The molecular weight excluding hydrogens is 476 g/mol. The van der Waals surface area contributed by atoms with E-state index in [0.29, 0.717) is 0 Å². The molecule has 2 aromatic heterocycles. The number of alkyl halides is 1. The average molecular weight is 499 g/mol. The summed E-state index contributed by atoms with van der Waals surface area (Å²) in [6.07, 6.45) is 0.698. The maximum Gasteiger partial charge on any atom is 0.268 e. The third-order valence-corrected chi connectivity index (χ3v) is 7.82. The molecule has 0 aliphatic carbocycles. The molecule has 0 saturated carbocycles. The van der Waals surface area contributed by atoms with Crippen molar-refractivity contribution in [3.63, 3.8) is 0 Å². The second kappa shape index (κ2) is 8.26. The number of aromatic nitrogens is 2. The number of nitrogens with one attached hydrogen (secondary N) is 1. The number of carbonyl (C=O) groups excluding carboxylic acids is 1. The largest absolute Gasteiger partial charge is 0.359 e. The summed E-state index contributed by atoms with van der Waals surface area (Å²) in [5.74, 6) is -3.54. The molecule has 1 aliphatic heterocycles. The fourth-order valence-electron chi connectivity index (χ4n) is 3.86. The Bertz CT molecular complexity index is 1380. The van der Waals surface area contributed by atoms with E-state index in [1.807, 2.05) is 4.72 Å². The fraction of sp³-hybridized carbons (Fsp3) is 0.364. The number of hydrogen-bond acceptors (Lipinski definition) is 5. The van der Waals surface area contributed by atoms with Gasteiger partial charge in [0.05, 0.1) is 28.2 Å². The van der Waals surface area contributed by atoms with Gasteiger partial charge in [0.2, 0.25) is 10.0 Å². The van der Waals surface area contributed by atoms with Crippen LogP contribution in [-0.4, -0.2) is 41.4 Å². The maximum atomic E-state index is 15.7. The molecule has 34 heavy (non-hydrogen) atoms. The van der Waals surface area contributed by atoms with Gasteiger partial charge in [0.1, 0.15) is 23.3 Å². The number of carbonyl (C=O) groups is 1. The number of sulfonamides is 1. The highest BCUT2D eigenvalue weighted by Gasteiger charge is 2.37. The highest BCUT2D eigenvalue weighted by molar-refractivity contribution is 7.91. The molecule has 2 atom stereocenters. The Labute approximate surface area is 193 Å². The number of amides is 1. The number of pyridine rings is 1. The molecule has 4 rings (SSSR count). The molecule has 1 N–H and O–H groups in total. The zero-order chi connectivity index (χ0) is 25.0. The van der Waals surface area contributed by atoms with Crippen molar-refractivity contribution in [1.29, 1.82) is 0 Å². The van der Waals surface area contributed by atoms with Gasteiger partial charge in [-0.2, -0.15) is 5.10 Å². The zero-order valence-corrected chi connectivity index (χ0v) is 19.3. The molecule has 1 aromatic carbocycles. The molecule has 1 saturated heterocycles. The highest BCUT2D eigenvalue weighted by Crippen LogP contribution is 2.40. The number of rotatable bonds is 4. The van der Waals surface area contributed by atoms with Crippen molar-refractivity contribution in [1.82, 2.24) is 14.3 Å². The van der Waals surface area contributed by atoms with E-state index >= 15 is 4.39 Å². The number of benzene rings is 1. The highest BCUT2D eigenvalue weighted by atomic mass is 32.2. The smallest absolute Gasteiger partial charge is 0.268 e. The van der Waals surface area contributed by atoms with E-state index < -0.39 is 50.3 Å². The maximum absolute atomic E-state index is 15.7. The zero-order valence-electron chi connectivity index (χ0n) is 18.5. The molecule has 3 heterocycles. The summed E-state index contributed by atoms with van der Waals surface area (Å²) in [4.78, 5) is 14.0. The molecule has 0 unspecified atom stereocenters. The van der Waals surface area contributed by atoms with Crippen LogP contribution in [0.2, 0.25) is 0 Å². The molecule has 0 radical (unpaired) electrons. The van der Waals surface area contributed by atoms with Gasteiger partial charge in [-0.1, -0.05) is 0 Å². The van der Waals surface area contributed by atoms with Gasteiger partial charge < -0.3 is 4.90 Å². The molecule has 1 fully saturated rings. The van der Waals surface area contributed by atoms with Crippen molar-refractivity contribution in [3.05, 3.63) is 65.2 Å². The summed E-state index contributed by atoms with van der Waals surface area (Å²) < 4.78 is 84.7. The van der Waals surface area contributed by atoms with E-state index in [1.165, 1.54) is 37.9 Å². The van der Waals surface area contributed by atoms with Crippen LogP contribution in [0.3, 0.4) is 0 Å². The van der Waals surface area contributed by atoms with Crippen molar-refractivity contribution in [2.45, 2.75) is 44.2 Å². The summed E-state index contributed by atoms with van der Waals surface area (Å²) in [6.45, 7) is 3.89. The first kappa shape index (κ1) is 24.0. The van der Waals surface area contributed by atoms with Gasteiger partial charge in [-0.15, -0.1) is 0 Å². The molecule has 3 aromatic rings. The van der Waals surface area contributed by atoms with Crippen LogP contribution in [0.15, 0.2) is 36.7 Å². The second-order valence-corrected chi connectivity index (χ2v) is 11.5. The van der Waals surface area contributed by atoms with Gasteiger partial charge in [-0.3, -0.25) is 4.79 Å². The molecule has 0 bridgehead atoms. The van der Waals surface area contributed by atoms with E-state index in [-0.39, 0.29) is 35.3 Å². The van der Waals surface area contributed by atoms with Crippen molar-refractivity contribution in [2.75, 3.05) is 11.4 Å². The van der Waals surface area contributed by atoms with Crippen LogP contribution >= 0.6 is 0 Å². The summed E-state index contributed by atoms with van der Waals surface area (Å²) in [5.41, 5.74) is -0.965. The number of fused-ring (bicyclic) bond motifs is 1. The summed E-state index contributed by atoms with van der Waals surface area (Å²) >= 11 is 0. The van der Waals surface area contributed by atoms with Crippen LogP contribution in [0.25, 0.3) is 5.52 Å². The standard InChI is InChI=1S/C22H22F4N4O3S/c1-22(2,3)34(32,33)28-21(31)15-10-27-30-7-6-17(19(26)20(15)30)29-11-13(24)9-18(29)14-8-12(23)4-5-16(14)25/h4-8,10,13,18H,9,11H2,1-3H3,(H,28,31)/t13-,18+/m0/s1. The predicted octanol–water partition coefficient (Wildman–Crippen LogP) is 3.90. The van der Waals surface area contributed by atoms with Gasteiger partial charge >= 0.3 is 0 Å². The van der Waals surface area contributed by atoms with Crippen LogP contribution in [0.5, 0.6) is 0 Å². The quantitative estimate of drug-likeness (QED) is 0.552. The Hall–Kier alpha value is -3.15. The van der Waals surface area contributed by atoms with E-state index in [9.17, 15) is 26.4 Å². The molecular formula is C22H22F4N4O3S. The third-order valence-electron chi connectivity index (χ3n) is 5.76. The normalized spacial score (nSPS) is 19.1. The Morgan fingerprint density at radius 1 is 1.18 bits per heavy atom. The van der Waals surface area contributed by atoms with Crippen molar-refractivity contribution in [2.24, 2.45) is 0 Å². The van der Waals surface area contributed by atoms with Crippen LogP contribution in [-0.2, 0) is 10.0 Å². The Kier molecular flexibility index (Phi) is 5.83. The minimum absolute atomic E-state index is 0.123. The second-order valence-electron chi connectivity index (χ2n) is 9.08. The Balaban J connectivity index is 1.78. The molecule has 7 nitrogen and oxygen atoms in total. The number of nitrogens with zero attached hydrogens (tertiary/aromatic N) is 3. The van der Waals surface area contributed by atoms with Gasteiger partial charge in [-0.05, 0) is 45.0 Å².